The van der Waals surface area contributed by atoms with Gasteiger partial charge < -0.3 is 10.2 Å². The molecule has 3 heteroatoms. The van der Waals surface area contributed by atoms with Crippen LogP contribution in [0.1, 0.15) is 37.7 Å². The molecule has 1 aromatic carbocycles. The minimum absolute atomic E-state index is 0.144. The quantitative estimate of drug-likeness (QED) is 0.744. The van der Waals surface area contributed by atoms with Gasteiger partial charge in [-0.05, 0) is 24.5 Å². The van der Waals surface area contributed by atoms with Gasteiger partial charge in [-0.1, -0.05) is 18.2 Å². The zero-order valence-corrected chi connectivity index (χ0v) is 11.5. The molecule has 19 heavy (non-hydrogen) atoms. The van der Waals surface area contributed by atoms with E-state index < -0.39 is 0 Å². The maximum Gasteiger partial charge on any atom is 0.244 e. The number of likely N-dealkylation sites (N-methyl/N-ethyl adjacent to an activating group) is 1. The van der Waals surface area contributed by atoms with E-state index in [1.165, 1.54) is 31.2 Å². The molecule has 0 bridgehead atoms. The van der Waals surface area contributed by atoms with Crippen molar-refractivity contribution in [2.45, 2.75) is 43.1 Å². The largest absolute Gasteiger partial charge is 0.340 e. The number of para-hydroxylation sites is 1. The number of anilines is 1. The number of carbonyl (C=O) groups excluding carboxylic acids is 1. The number of hydrogen-bond donors (Lipinski definition) is 1. The smallest absolute Gasteiger partial charge is 0.244 e. The zero-order chi connectivity index (χ0) is 13.1. The fourth-order valence-corrected chi connectivity index (χ4v) is 4.99. The van der Waals surface area contributed by atoms with Gasteiger partial charge in [-0.15, -0.1) is 0 Å². The van der Waals surface area contributed by atoms with E-state index in [1.54, 1.807) is 0 Å². The highest BCUT2D eigenvalue weighted by Gasteiger charge is 2.68. The van der Waals surface area contributed by atoms with E-state index in [0.29, 0.717) is 5.91 Å². The highest BCUT2D eigenvalue weighted by molar-refractivity contribution is 6.09. The molecule has 2 aliphatic heterocycles. The van der Waals surface area contributed by atoms with Crippen molar-refractivity contribution in [3.63, 3.8) is 0 Å². The highest BCUT2D eigenvalue weighted by atomic mass is 16.2. The maximum absolute atomic E-state index is 13.1. The molecule has 0 radical (unpaired) electrons. The van der Waals surface area contributed by atoms with E-state index >= 15 is 0 Å². The van der Waals surface area contributed by atoms with E-state index in [2.05, 4.69) is 23.5 Å². The lowest BCUT2D eigenvalue weighted by molar-refractivity contribution is -0.710. The molecule has 1 aliphatic carbocycles. The fourth-order valence-electron chi connectivity index (χ4n) is 4.99. The van der Waals surface area contributed by atoms with Crippen LogP contribution in [0.25, 0.3) is 0 Å². The van der Waals surface area contributed by atoms with E-state index in [1.807, 2.05) is 18.0 Å². The van der Waals surface area contributed by atoms with Gasteiger partial charge in [0.15, 0.2) is 0 Å². The van der Waals surface area contributed by atoms with Gasteiger partial charge >= 0.3 is 0 Å². The Morgan fingerprint density at radius 1 is 1.16 bits per heavy atom. The molecule has 3 aliphatic rings. The second kappa shape index (κ2) is 3.60. The van der Waals surface area contributed by atoms with Crippen LogP contribution in [-0.4, -0.2) is 25.0 Å². The molecule has 1 saturated carbocycles. The lowest BCUT2D eigenvalue weighted by Crippen LogP contribution is -2.96. The van der Waals surface area contributed by atoms with E-state index in [4.69, 9.17) is 0 Å². The lowest BCUT2D eigenvalue weighted by atomic mass is 9.65. The Hall–Kier alpha value is -1.35. The first kappa shape index (κ1) is 11.5. The molecule has 2 N–H and O–H groups in total. The van der Waals surface area contributed by atoms with Crippen LogP contribution in [0.15, 0.2) is 24.3 Å². The summed E-state index contributed by atoms with van der Waals surface area (Å²) in [6, 6.07) is 8.43. The number of amides is 1. The molecule has 0 aromatic heterocycles. The molecular formula is C16H21N2O+. The van der Waals surface area contributed by atoms with Crippen LogP contribution < -0.4 is 10.2 Å². The third-order valence-electron chi connectivity index (χ3n) is 5.80. The topological polar surface area (TPSA) is 36.9 Å². The second-order valence-corrected chi connectivity index (χ2v) is 6.39. The molecule has 3 nitrogen and oxygen atoms in total. The van der Waals surface area contributed by atoms with E-state index in [9.17, 15) is 4.79 Å². The van der Waals surface area contributed by atoms with E-state index in [0.717, 1.165) is 18.7 Å². The normalized spacial score (nSPS) is 31.6. The van der Waals surface area contributed by atoms with Gasteiger partial charge in [0.05, 0.1) is 6.54 Å². The minimum Gasteiger partial charge on any atom is -0.340 e. The molecule has 1 aromatic rings. The van der Waals surface area contributed by atoms with Gasteiger partial charge in [0.1, 0.15) is 11.0 Å². The summed E-state index contributed by atoms with van der Waals surface area (Å²) >= 11 is 0. The Morgan fingerprint density at radius 2 is 1.89 bits per heavy atom. The molecule has 2 heterocycles. The maximum atomic E-state index is 13.1. The van der Waals surface area contributed by atoms with Crippen molar-refractivity contribution in [1.82, 2.24) is 0 Å². The van der Waals surface area contributed by atoms with Crippen LogP contribution in [0.2, 0.25) is 0 Å². The SMILES string of the molecule is CN1C(=O)[C@@]2(CC[NH2+]C23CCCC3)c2ccccc21. The number of benzene rings is 1. The monoisotopic (exact) mass is 257 g/mol. The molecule has 0 unspecified atom stereocenters. The summed E-state index contributed by atoms with van der Waals surface area (Å²) in [6.45, 7) is 1.09. The van der Waals surface area contributed by atoms with Crippen LogP contribution >= 0.6 is 0 Å². The summed E-state index contributed by atoms with van der Waals surface area (Å²) in [6.07, 6.45) is 5.95. The summed E-state index contributed by atoms with van der Waals surface area (Å²) < 4.78 is 0. The number of carbonyl (C=O) groups is 1. The predicted molar refractivity (Wildman–Crippen MR) is 74.1 cm³/mol. The summed E-state index contributed by atoms with van der Waals surface area (Å²) in [5, 5.41) is 2.48. The molecule has 4 rings (SSSR count). The van der Waals surface area contributed by atoms with Gasteiger partial charge in [-0.25, -0.2) is 0 Å². The van der Waals surface area contributed by atoms with Crippen molar-refractivity contribution in [2.75, 3.05) is 18.5 Å². The number of fused-ring (bicyclic) bond motifs is 3. The fraction of sp³-hybridized carbons (Fsp3) is 0.562. The number of nitrogens with two attached hydrogens (primary N) is 1. The molecule has 2 spiro atoms. The molecular weight excluding hydrogens is 236 g/mol. The van der Waals surface area contributed by atoms with Gasteiger partial charge in [0.2, 0.25) is 5.91 Å². The summed E-state index contributed by atoms with van der Waals surface area (Å²) in [5.74, 6) is 0.337. The van der Waals surface area contributed by atoms with Crippen molar-refractivity contribution >= 4 is 11.6 Å². The summed E-state index contributed by atoms with van der Waals surface area (Å²) in [7, 11) is 1.94. The first-order chi connectivity index (χ1) is 9.21. The van der Waals surface area contributed by atoms with Gasteiger partial charge in [-0.3, -0.25) is 4.79 Å². The average Bonchev–Trinajstić information content (AvgIpc) is 3.11. The van der Waals surface area contributed by atoms with Crippen molar-refractivity contribution in [3.05, 3.63) is 29.8 Å². The van der Waals surface area contributed by atoms with Crippen LogP contribution in [0.5, 0.6) is 0 Å². The van der Waals surface area contributed by atoms with Gasteiger partial charge in [-0.2, -0.15) is 0 Å². The van der Waals surface area contributed by atoms with Crippen molar-refractivity contribution in [3.8, 4) is 0 Å². The van der Waals surface area contributed by atoms with Gasteiger partial charge in [0.25, 0.3) is 0 Å². The van der Waals surface area contributed by atoms with Crippen LogP contribution in [0.3, 0.4) is 0 Å². The third kappa shape index (κ3) is 1.15. The number of rotatable bonds is 0. The Balaban J connectivity index is 1.97. The Labute approximate surface area is 114 Å². The Kier molecular flexibility index (Phi) is 2.17. The predicted octanol–water partition coefficient (Wildman–Crippen LogP) is 1.18. The van der Waals surface area contributed by atoms with Crippen molar-refractivity contribution in [2.24, 2.45) is 0 Å². The molecule has 1 atom stereocenters. The molecule has 100 valence electrons. The number of hydrogen-bond acceptors (Lipinski definition) is 1. The Morgan fingerprint density at radius 3 is 2.68 bits per heavy atom. The van der Waals surface area contributed by atoms with Gasteiger partial charge in [0, 0.05) is 32.0 Å². The van der Waals surface area contributed by atoms with Crippen LogP contribution in [0, 0.1) is 0 Å². The summed E-state index contributed by atoms with van der Waals surface area (Å²) in [5.41, 5.74) is 2.33. The third-order valence-corrected chi connectivity index (χ3v) is 5.80. The highest BCUT2D eigenvalue weighted by Crippen LogP contribution is 2.54. The van der Waals surface area contributed by atoms with E-state index in [-0.39, 0.29) is 11.0 Å². The van der Waals surface area contributed by atoms with Crippen molar-refractivity contribution < 1.29 is 10.1 Å². The van der Waals surface area contributed by atoms with Crippen LogP contribution in [0.4, 0.5) is 5.69 Å². The molecule has 1 saturated heterocycles. The lowest BCUT2D eigenvalue weighted by Gasteiger charge is -2.36. The molecule has 2 fully saturated rings. The zero-order valence-electron chi connectivity index (χ0n) is 11.5. The first-order valence-corrected chi connectivity index (χ1v) is 7.43. The number of nitrogens with zero attached hydrogens (tertiary/aromatic N) is 1. The Bertz CT molecular complexity index is 542. The average molecular weight is 257 g/mol. The minimum atomic E-state index is -0.241. The molecule has 1 amide bonds. The first-order valence-electron chi connectivity index (χ1n) is 7.43. The van der Waals surface area contributed by atoms with Crippen LogP contribution in [-0.2, 0) is 10.2 Å². The standard InChI is InChI=1S/C16H20N2O/c1-18-13-7-3-2-6-12(13)16(14(18)19)10-11-17-15(16)8-4-5-9-15/h2-3,6-7,17H,4-5,8-11H2,1H3/p+1/t16-/m1/s1. The second-order valence-electron chi connectivity index (χ2n) is 6.39. The summed E-state index contributed by atoms with van der Waals surface area (Å²) in [4.78, 5) is 15.0. The van der Waals surface area contributed by atoms with Crippen molar-refractivity contribution in [1.29, 1.82) is 0 Å². The number of quaternary nitrogens is 1.